The van der Waals surface area contributed by atoms with Crippen LogP contribution < -0.4 is 11.1 Å². The summed E-state index contributed by atoms with van der Waals surface area (Å²) in [5, 5.41) is 11.0. The van der Waals surface area contributed by atoms with Crippen molar-refractivity contribution in [2.45, 2.75) is 31.2 Å². The number of carboxylic acid groups (broad SMARTS) is 1. The molecule has 1 aliphatic rings. The third kappa shape index (κ3) is 2.62. The van der Waals surface area contributed by atoms with Gasteiger partial charge in [0.2, 0.25) is 5.91 Å². The molecule has 1 saturated carbocycles. The Hall–Kier alpha value is -2.02. The smallest absolute Gasteiger partial charge is 0.338 e. The number of carbonyl (C=O) groups is 2. The molecular formula is C13H14F2N2O3. The lowest BCUT2D eigenvalue weighted by Gasteiger charge is -2.22. The molecular weight excluding hydrogens is 270 g/mol. The van der Waals surface area contributed by atoms with Gasteiger partial charge in [0.05, 0.1) is 16.8 Å². The van der Waals surface area contributed by atoms with Gasteiger partial charge in [-0.2, -0.15) is 0 Å². The van der Waals surface area contributed by atoms with E-state index < -0.39 is 34.6 Å². The Morgan fingerprint density at radius 2 is 1.80 bits per heavy atom. The summed E-state index contributed by atoms with van der Waals surface area (Å²) < 4.78 is 26.8. The molecule has 1 amide bonds. The van der Waals surface area contributed by atoms with Gasteiger partial charge in [0.15, 0.2) is 0 Å². The molecule has 4 N–H and O–H groups in total. The van der Waals surface area contributed by atoms with Gasteiger partial charge < -0.3 is 16.2 Å². The monoisotopic (exact) mass is 284 g/mol. The standard InChI is InChI=1S/C13H14F2N2O3/c14-8-6-9(15)10(5-7(8)11(18)19)17-12(20)13(16)3-1-2-4-13/h5-6H,1-4,16H2,(H,17,20)(H,18,19). The second-order valence-corrected chi connectivity index (χ2v) is 4.93. The van der Waals surface area contributed by atoms with Crippen LogP contribution in [0.4, 0.5) is 14.5 Å². The van der Waals surface area contributed by atoms with Gasteiger partial charge in [-0.1, -0.05) is 12.8 Å². The fraction of sp³-hybridized carbons (Fsp3) is 0.385. The Balaban J connectivity index is 2.27. The zero-order valence-electron chi connectivity index (χ0n) is 10.6. The van der Waals surface area contributed by atoms with Gasteiger partial charge in [0.25, 0.3) is 0 Å². The van der Waals surface area contributed by atoms with Crippen molar-refractivity contribution in [2.75, 3.05) is 5.32 Å². The summed E-state index contributed by atoms with van der Waals surface area (Å²) in [6, 6.07) is 1.18. The van der Waals surface area contributed by atoms with Crippen LogP contribution in [0.15, 0.2) is 12.1 Å². The van der Waals surface area contributed by atoms with E-state index in [1.165, 1.54) is 0 Å². The average molecular weight is 284 g/mol. The Morgan fingerprint density at radius 3 is 2.35 bits per heavy atom. The summed E-state index contributed by atoms with van der Waals surface area (Å²) in [5.74, 6) is -4.36. The summed E-state index contributed by atoms with van der Waals surface area (Å²) in [6.45, 7) is 0. The van der Waals surface area contributed by atoms with Crippen molar-refractivity contribution in [3.8, 4) is 0 Å². The number of aromatic carboxylic acids is 1. The molecule has 2 rings (SSSR count). The second-order valence-electron chi connectivity index (χ2n) is 4.93. The fourth-order valence-corrected chi connectivity index (χ4v) is 2.29. The second kappa shape index (κ2) is 5.16. The molecule has 0 saturated heterocycles. The van der Waals surface area contributed by atoms with Crippen LogP contribution in [0.1, 0.15) is 36.0 Å². The Kier molecular flexibility index (Phi) is 3.71. The van der Waals surface area contributed by atoms with E-state index in [2.05, 4.69) is 5.32 Å². The van der Waals surface area contributed by atoms with Gasteiger partial charge in [0, 0.05) is 6.07 Å². The summed E-state index contributed by atoms with van der Waals surface area (Å²) >= 11 is 0. The maximum atomic E-state index is 13.6. The lowest BCUT2D eigenvalue weighted by molar-refractivity contribution is -0.121. The van der Waals surface area contributed by atoms with Crippen molar-refractivity contribution < 1.29 is 23.5 Å². The molecule has 1 aromatic rings. The summed E-state index contributed by atoms with van der Waals surface area (Å²) in [7, 11) is 0. The van der Waals surface area contributed by atoms with E-state index in [0.717, 1.165) is 18.9 Å². The van der Waals surface area contributed by atoms with Gasteiger partial charge in [-0.05, 0) is 18.9 Å². The minimum absolute atomic E-state index is 0.384. The first-order valence-corrected chi connectivity index (χ1v) is 6.16. The summed E-state index contributed by atoms with van der Waals surface area (Å²) in [6.07, 6.45) is 2.56. The minimum atomic E-state index is -1.54. The number of rotatable bonds is 3. The van der Waals surface area contributed by atoms with Crippen LogP contribution in [0.2, 0.25) is 0 Å². The molecule has 1 aromatic carbocycles. The molecule has 0 heterocycles. The quantitative estimate of drug-likeness (QED) is 0.790. The first kappa shape index (κ1) is 14.4. The molecule has 0 atom stereocenters. The van der Waals surface area contributed by atoms with Crippen LogP contribution in [0.25, 0.3) is 0 Å². The molecule has 108 valence electrons. The molecule has 7 heteroatoms. The van der Waals surface area contributed by atoms with E-state index in [0.29, 0.717) is 18.9 Å². The molecule has 0 spiro atoms. The summed E-state index contributed by atoms with van der Waals surface area (Å²) in [5.41, 5.74) is 3.73. The van der Waals surface area contributed by atoms with E-state index in [9.17, 15) is 18.4 Å². The van der Waals surface area contributed by atoms with Crippen LogP contribution in [-0.2, 0) is 4.79 Å². The highest BCUT2D eigenvalue weighted by atomic mass is 19.1. The largest absolute Gasteiger partial charge is 0.478 e. The van der Waals surface area contributed by atoms with Crippen LogP contribution in [-0.4, -0.2) is 22.5 Å². The van der Waals surface area contributed by atoms with Gasteiger partial charge in [0.1, 0.15) is 11.6 Å². The topological polar surface area (TPSA) is 92.4 Å². The Morgan fingerprint density at radius 1 is 1.20 bits per heavy atom. The number of nitrogens with one attached hydrogen (secondary N) is 1. The number of halogens is 2. The number of anilines is 1. The van der Waals surface area contributed by atoms with Gasteiger partial charge in [-0.3, -0.25) is 4.79 Å². The van der Waals surface area contributed by atoms with Gasteiger partial charge >= 0.3 is 5.97 Å². The van der Waals surface area contributed by atoms with Crippen LogP contribution >= 0.6 is 0 Å². The van der Waals surface area contributed by atoms with Gasteiger partial charge in [-0.25, -0.2) is 13.6 Å². The number of benzene rings is 1. The van der Waals surface area contributed by atoms with Crippen molar-refractivity contribution in [2.24, 2.45) is 5.73 Å². The van der Waals surface area contributed by atoms with Crippen LogP contribution in [0, 0.1) is 11.6 Å². The highest BCUT2D eigenvalue weighted by Crippen LogP contribution is 2.29. The Bertz CT molecular complexity index is 569. The first-order valence-electron chi connectivity index (χ1n) is 6.16. The number of carbonyl (C=O) groups excluding carboxylic acids is 1. The van der Waals surface area contributed by atoms with Crippen molar-refractivity contribution in [1.82, 2.24) is 0 Å². The average Bonchev–Trinajstić information content (AvgIpc) is 2.80. The SMILES string of the molecule is NC1(C(=O)Nc2cc(C(=O)O)c(F)cc2F)CCCC1. The fourth-order valence-electron chi connectivity index (χ4n) is 2.29. The number of nitrogens with two attached hydrogens (primary N) is 1. The highest BCUT2D eigenvalue weighted by Gasteiger charge is 2.37. The maximum absolute atomic E-state index is 13.6. The number of amides is 1. The van der Waals surface area contributed by atoms with Gasteiger partial charge in [-0.15, -0.1) is 0 Å². The van der Waals surface area contributed by atoms with E-state index in [4.69, 9.17) is 10.8 Å². The van der Waals surface area contributed by atoms with Crippen LogP contribution in [0.3, 0.4) is 0 Å². The predicted molar refractivity (Wildman–Crippen MR) is 67.3 cm³/mol. The molecule has 0 unspecified atom stereocenters. The summed E-state index contributed by atoms with van der Waals surface area (Å²) in [4.78, 5) is 22.8. The molecule has 0 aromatic heterocycles. The van der Waals surface area contributed by atoms with E-state index in [1.807, 2.05) is 0 Å². The van der Waals surface area contributed by atoms with Crippen molar-refractivity contribution in [3.63, 3.8) is 0 Å². The third-order valence-corrected chi connectivity index (χ3v) is 3.48. The normalized spacial score (nSPS) is 16.9. The molecule has 0 radical (unpaired) electrons. The number of hydrogen-bond acceptors (Lipinski definition) is 3. The zero-order chi connectivity index (χ0) is 14.9. The first-order chi connectivity index (χ1) is 9.33. The molecule has 1 fully saturated rings. The molecule has 0 bridgehead atoms. The maximum Gasteiger partial charge on any atom is 0.338 e. The van der Waals surface area contributed by atoms with E-state index in [-0.39, 0.29) is 5.69 Å². The lowest BCUT2D eigenvalue weighted by atomic mass is 9.98. The third-order valence-electron chi connectivity index (χ3n) is 3.48. The van der Waals surface area contributed by atoms with Crippen molar-refractivity contribution in [3.05, 3.63) is 29.3 Å². The number of carboxylic acids is 1. The van der Waals surface area contributed by atoms with Crippen LogP contribution in [0.5, 0.6) is 0 Å². The highest BCUT2D eigenvalue weighted by molar-refractivity contribution is 5.99. The Labute approximate surface area is 113 Å². The lowest BCUT2D eigenvalue weighted by Crippen LogP contribution is -2.48. The minimum Gasteiger partial charge on any atom is -0.478 e. The van der Waals surface area contributed by atoms with E-state index >= 15 is 0 Å². The molecule has 1 aliphatic carbocycles. The molecule has 5 nitrogen and oxygen atoms in total. The molecule has 0 aliphatic heterocycles. The zero-order valence-corrected chi connectivity index (χ0v) is 10.6. The predicted octanol–water partition coefficient (Wildman–Crippen LogP) is 1.87. The number of hydrogen-bond donors (Lipinski definition) is 3. The van der Waals surface area contributed by atoms with E-state index in [1.54, 1.807) is 0 Å². The van der Waals surface area contributed by atoms with Crippen molar-refractivity contribution in [1.29, 1.82) is 0 Å². The van der Waals surface area contributed by atoms with Crippen molar-refractivity contribution >= 4 is 17.6 Å². The molecule has 20 heavy (non-hydrogen) atoms.